The summed E-state index contributed by atoms with van der Waals surface area (Å²) in [4.78, 5) is 31.5. The largest absolute Gasteiger partial charge is 0.480 e. The van der Waals surface area contributed by atoms with E-state index in [2.05, 4.69) is 15.3 Å². The van der Waals surface area contributed by atoms with E-state index in [4.69, 9.17) is 5.11 Å². The van der Waals surface area contributed by atoms with Crippen molar-refractivity contribution >= 4 is 23.1 Å². The maximum Gasteiger partial charge on any atom is 0.323 e. The standard InChI is InChI=1S/C11H12N4O3S/c1-7(8-4-12-6-19-8)14-10-11(18)15(3-2-13-10)5-9(16)17/h2-4,6-7H,5H2,1H3,(H,13,14)(H,16,17)/t7-/m0/s1. The van der Waals surface area contributed by atoms with Crippen LogP contribution in [-0.2, 0) is 11.3 Å². The molecule has 0 fully saturated rings. The van der Waals surface area contributed by atoms with E-state index in [-0.39, 0.29) is 18.4 Å². The highest BCUT2D eigenvalue weighted by Crippen LogP contribution is 2.19. The smallest absolute Gasteiger partial charge is 0.323 e. The normalized spacial score (nSPS) is 12.1. The maximum absolute atomic E-state index is 12.0. The van der Waals surface area contributed by atoms with Gasteiger partial charge in [-0.25, -0.2) is 4.98 Å². The lowest BCUT2D eigenvalue weighted by Crippen LogP contribution is -2.27. The van der Waals surface area contributed by atoms with Gasteiger partial charge >= 0.3 is 5.97 Å². The van der Waals surface area contributed by atoms with Crippen molar-refractivity contribution in [2.75, 3.05) is 5.32 Å². The van der Waals surface area contributed by atoms with Crippen LogP contribution in [0.25, 0.3) is 0 Å². The van der Waals surface area contributed by atoms with Gasteiger partial charge in [0.15, 0.2) is 5.82 Å². The molecule has 8 heteroatoms. The molecule has 0 saturated heterocycles. The summed E-state index contributed by atoms with van der Waals surface area (Å²) in [6, 6.07) is -0.117. The van der Waals surface area contributed by atoms with Crippen molar-refractivity contribution in [1.29, 1.82) is 0 Å². The van der Waals surface area contributed by atoms with E-state index in [9.17, 15) is 9.59 Å². The van der Waals surface area contributed by atoms with E-state index in [1.807, 2.05) is 6.92 Å². The first-order chi connectivity index (χ1) is 9.08. The predicted molar refractivity (Wildman–Crippen MR) is 70.3 cm³/mol. The van der Waals surface area contributed by atoms with E-state index in [1.54, 1.807) is 11.7 Å². The summed E-state index contributed by atoms with van der Waals surface area (Å²) >= 11 is 1.47. The highest BCUT2D eigenvalue weighted by Gasteiger charge is 2.12. The number of aromatic nitrogens is 3. The number of rotatable bonds is 5. The van der Waals surface area contributed by atoms with Gasteiger partial charge in [0.05, 0.1) is 11.6 Å². The molecule has 0 bridgehead atoms. The Balaban J connectivity index is 2.21. The molecule has 0 spiro atoms. The molecule has 19 heavy (non-hydrogen) atoms. The number of hydrogen-bond donors (Lipinski definition) is 2. The molecule has 2 aromatic rings. The van der Waals surface area contributed by atoms with Gasteiger partial charge < -0.3 is 10.4 Å². The molecule has 0 saturated carbocycles. The number of aliphatic carboxylic acids is 1. The topological polar surface area (TPSA) is 97.1 Å². The summed E-state index contributed by atoms with van der Waals surface area (Å²) in [7, 11) is 0. The Hall–Kier alpha value is -2.22. The summed E-state index contributed by atoms with van der Waals surface area (Å²) in [5.74, 6) is -0.945. The second-order valence-corrected chi connectivity index (χ2v) is 4.79. The van der Waals surface area contributed by atoms with Crippen LogP contribution in [0, 0.1) is 0 Å². The molecule has 0 amide bonds. The zero-order valence-corrected chi connectivity index (χ0v) is 10.9. The Morgan fingerprint density at radius 3 is 3.05 bits per heavy atom. The minimum Gasteiger partial charge on any atom is -0.480 e. The van der Waals surface area contributed by atoms with Crippen molar-refractivity contribution in [3.05, 3.63) is 39.3 Å². The van der Waals surface area contributed by atoms with E-state index < -0.39 is 11.5 Å². The van der Waals surface area contributed by atoms with Crippen LogP contribution in [0.4, 0.5) is 5.82 Å². The van der Waals surface area contributed by atoms with Gasteiger partial charge in [0.25, 0.3) is 5.56 Å². The lowest BCUT2D eigenvalue weighted by atomic mass is 10.3. The third-order valence-corrected chi connectivity index (χ3v) is 3.41. The molecule has 0 radical (unpaired) electrons. The molecule has 100 valence electrons. The number of nitrogens with zero attached hydrogens (tertiary/aromatic N) is 3. The van der Waals surface area contributed by atoms with Crippen molar-refractivity contribution in [2.45, 2.75) is 19.5 Å². The Labute approximate surface area is 112 Å². The van der Waals surface area contributed by atoms with Crippen LogP contribution >= 0.6 is 11.3 Å². The molecule has 0 unspecified atom stereocenters. The second kappa shape index (κ2) is 5.61. The summed E-state index contributed by atoms with van der Waals surface area (Å²) in [6.07, 6.45) is 4.45. The molecule has 0 aromatic carbocycles. The molecule has 0 aliphatic rings. The quantitative estimate of drug-likeness (QED) is 0.846. The van der Waals surface area contributed by atoms with Crippen LogP contribution in [-0.4, -0.2) is 25.6 Å². The van der Waals surface area contributed by atoms with E-state index >= 15 is 0 Å². The van der Waals surface area contributed by atoms with E-state index in [0.717, 1.165) is 9.44 Å². The fourth-order valence-electron chi connectivity index (χ4n) is 1.53. The SMILES string of the molecule is C[C@H](Nc1nccn(CC(=O)O)c1=O)c1cncs1. The summed E-state index contributed by atoms with van der Waals surface area (Å²) in [5, 5.41) is 11.7. The van der Waals surface area contributed by atoms with Crippen LogP contribution in [0.1, 0.15) is 17.8 Å². The first kappa shape index (κ1) is 13.2. The molecule has 0 aliphatic heterocycles. The molecule has 2 N–H and O–H groups in total. The molecule has 2 rings (SSSR count). The second-order valence-electron chi connectivity index (χ2n) is 3.87. The Bertz CT molecular complexity index is 623. The number of carboxylic acids is 1. The van der Waals surface area contributed by atoms with Crippen LogP contribution in [0.5, 0.6) is 0 Å². The van der Waals surface area contributed by atoms with Gasteiger partial charge in [-0.2, -0.15) is 0 Å². The molecule has 2 aromatic heterocycles. The van der Waals surface area contributed by atoms with Crippen molar-refractivity contribution < 1.29 is 9.90 Å². The maximum atomic E-state index is 12.0. The average Bonchev–Trinajstić information content (AvgIpc) is 2.87. The van der Waals surface area contributed by atoms with Crippen LogP contribution < -0.4 is 10.9 Å². The number of thiazole rings is 1. The lowest BCUT2D eigenvalue weighted by Gasteiger charge is -2.12. The van der Waals surface area contributed by atoms with Crippen LogP contribution in [0.2, 0.25) is 0 Å². The summed E-state index contributed by atoms with van der Waals surface area (Å²) in [6.45, 7) is 1.49. The third kappa shape index (κ3) is 3.16. The van der Waals surface area contributed by atoms with Gasteiger partial charge in [-0.3, -0.25) is 19.1 Å². The molecule has 0 aliphatic carbocycles. The monoisotopic (exact) mass is 280 g/mol. The average molecular weight is 280 g/mol. The highest BCUT2D eigenvalue weighted by molar-refractivity contribution is 7.09. The first-order valence-electron chi connectivity index (χ1n) is 5.50. The van der Waals surface area contributed by atoms with Crippen LogP contribution in [0.15, 0.2) is 28.9 Å². The Kier molecular flexibility index (Phi) is 3.91. The number of carboxylic acid groups (broad SMARTS) is 1. The molecule has 7 nitrogen and oxygen atoms in total. The van der Waals surface area contributed by atoms with Gasteiger partial charge in [0.2, 0.25) is 0 Å². The summed E-state index contributed by atoms with van der Waals surface area (Å²) in [5.41, 5.74) is 1.25. The first-order valence-corrected chi connectivity index (χ1v) is 6.38. The third-order valence-electron chi connectivity index (χ3n) is 2.45. The number of hydrogen-bond acceptors (Lipinski definition) is 6. The van der Waals surface area contributed by atoms with Crippen molar-refractivity contribution in [2.24, 2.45) is 0 Å². The zero-order chi connectivity index (χ0) is 13.8. The lowest BCUT2D eigenvalue weighted by molar-refractivity contribution is -0.137. The highest BCUT2D eigenvalue weighted by atomic mass is 32.1. The molecule has 2 heterocycles. The van der Waals surface area contributed by atoms with E-state index in [1.165, 1.54) is 23.7 Å². The van der Waals surface area contributed by atoms with Gasteiger partial charge in [-0.1, -0.05) is 0 Å². The fourth-order valence-corrected chi connectivity index (χ4v) is 2.16. The van der Waals surface area contributed by atoms with Gasteiger partial charge in [0, 0.05) is 23.5 Å². The minimum atomic E-state index is -1.07. The Morgan fingerprint density at radius 2 is 2.42 bits per heavy atom. The van der Waals surface area contributed by atoms with Crippen molar-refractivity contribution in [1.82, 2.24) is 14.5 Å². The van der Waals surface area contributed by atoms with Gasteiger partial charge in [-0.05, 0) is 6.92 Å². The van der Waals surface area contributed by atoms with Gasteiger partial charge in [0.1, 0.15) is 6.54 Å². The van der Waals surface area contributed by atoms with E-state index in [0.29, 0.717) is 0 Å². The molecular weight excluding hydrogens is 268 g/mol. The summed E-state index contributed by atoms with van der Waals surface area (Å²) < 4.78 is 1.09. The number of carbonyl (C=O) groups is 1. The number of nitrogens with one attached hydrogen (secondary N) is 1. The van der Waals surface area contributed by atoms with Crippen LogP contribution in [0.3, 0.4) is 0 Å². The predicted octanol–water partition coefficient (Wildman–Crippen LogP) is 0.957. The van der Waals surface area contributed by atoms with Gasteiger partial charge in [-0.15, -0.1) is 11.3 Å². The minimum absolute atomic E-state index is 0.117. The fraction of sp³-hybridized carbons (Fsp3) is 0.273. The van der Waals surface area contributed by atoms with Crippen molar-refractivity contribution in [3.63, 3.8) is 0 Å². The zero-order valence-electron chi connectivity index (χ0n) is 10.1. The van der Waals surface area contributed by atoms with Crippen molar-refractivity contribution in [3.8, 4) is 0 Å². The molecular formula is C11H12N4O3S. The molecule has 1 atom stereocenters. The Morgan fingerprint density at radius 1 is 1.63 bits per heavy atom. The number of anilines is 1.